The van der Waals surface area contributed by atoms with Gasteiger partial charge in [-0.3, -0.25) is 0 Å². The van der Waals surface area contributed by atoms with Gasteiger partial charge >= 0.3 is 18.1 Å². The molecule has 3 aromatic carbocycles. The molecule has 0 radical (unpaired) electrons. The minimum absolute atomic E-state index is 0.00216. The van der Waals surface area contributed by atoms with Crippen molar-refractivity contribution in [2.45, 2.75) is 38.5 Å². The number of urea groups is 1. The minimum Gasteiger partial charge on any atom is -0.455 e. The quantitative estimate of drug-likeness (QED) is 0.371. The first kappa shape index (κ1) is 27.9. The number of carbonyl (C=O) groups is 3. The molecule has 1 aliphatic heterocycles. The molecular formula is C29H29ClFN3O5. The van der Waals surface area contributed by atoms with Gasteiger partial charge in [0.25, 0.3) is 0 Å². The fourth-order valence-corrected chi connectivity index (χ4v) is 4.20. The van der Waals surface area contributed by atoms with E-state index in [1.54, 1.807) is 57.2 Å². The van der Waals surface area contributed by atoms with Gasteiger partial charge in [0.1, 0.15) is 17.5 Å². The summed E-state index contributed by atoms with van der Waals surface area (Å²) in [5, 5.41) is 5.74. The van der Waals surface area contributed by atoms with E-state index >= 15 is 0 Å². The summed E-state index contributed by atoms with van der Waals surface area (Å²) in [5.74, 6) is -1.22. The number of amides is 3. The summed E-state index contributed by atoms with van der Waals surface area (Å²) in [6.07, 6.45) is -1.48. The van der Waals surface area contributed by atoms with Gasteiger partial charge in [-0.1, -0.05) is 48.0 Å². The Morgan fingerprint density at radius 2 is 1.67 bits per heavy atom. The molecule has 0 unspecified atom stereocenters. The standard InChI is InChI=1S/C29H29ClFN3O5/c1-29(2,3)39-28(37)34-16-24(33-27(36)32-23-10-5-4-9-22(23)31)25(17-34)38-26(35)20-8-6-7-19(15-20)18-11-13-21(30)14-12-18/h4-15,24-25H,16-17H2,1-3H3,(H2,32,33,36)/t24-,25-/m0/s1. The zero-order chi connectivity index (χ0) is 28.2. The van der Waals surface area contributed by atoms with Crippen LogP contribution in [0.15, 0.2) is 72.8 Å². The Hall–Kier alpha value is -4.11. The molecular weight excluding hydrogens is 525 g/mol. The van der Waals surface area contributed by atoms with Crippen LogP contribution in [0.3, 0.4) is 0 Å². The third-order valence-electron chi connectivity index (χ3n) is 5.89. The topological polar surface area (TPSA) is 97.0 Å². The van der Waals surface area contributed by atoms with E-state index < -0.39 is 41.7 Å². The van der Waals surface area contributed by atoms with Crippen molar-refractivity contribution in [1.82, 2.24) is 10.2 Å². The summed E-state index contributed by atoms with van der Waals surface area (Å²) >= 11 is 5.98. The molecule has 3 amide bonds. The van der Waals surface area contributed by atoms with E-state index in [1.807, 2.05) is 18.2 Å². The number of likely N-dealkylation sites (tertiary alicyclic amines) is 1. The average molecular weight is 554 g/mol. The molecule has 204 valence electrons. The number of para-hydroxylation sites is 1. The third-order valence-corrected chi connectivity index (χ3v) is 6.14. The SMILES string of the molecule is CC(C)(C)OC(=O)N1C[C@H](NC(=O)Nc2ccccc2F)[C@@H](OC(=O)c2cccc(-c3ccc(Cl)cc3)c2)C1. The van der Waals surface area contributed by atoms with Crippen LogP contribution < -0.4 is 10.6 Å². The molecule has 1 saturated heterocycles. The predicted octanol–water partition coefficient (Wildman–Crippen LogP) is 6.11. The highest BCUT2D eigenvalue weighted by Crippen LogP contribution is 2.24. The molecule has 3 aromatic rings. The smallest absolute Gasteiger partial charge is 0.410 e. The van der Waals surface area contributed by atoms with Crippen LogP contribution in [0.2, 0.25) is 5.02 Å². The summed E-state index contributed by atoms with van der Waals surface area (Å²) in [7, 11) is 0. The lowest BCUT2D eigenvalue weighted by atomic mass is 10.0. The highest BCUT2D eigenvalue weighted by atomic mass is 35.5. The van der Waals surface area contributed by atoms with Gasteiger partial charge < -0.3 is 25.0 Å². The molecule has 39 heavy (non-hydrogen) atoms. The highest BCUT2D eigenvalue weighted by molar-refractivity contribution is 6.30. The number of esters is 1. The van der Waals surface area contributed by atoms with Gasteiger partial charge in [-0.05, 0) is 68.3 Å². The molecule has 1 heterocycles. The van der Waals surface area contributed by atoms with Crippen LogP contribution in [0.5, 0.6) is 0 Å². The van der Waals surface area contributed by atoms with Crippen LogP contribution >= 0.6 is 11.6 Å². The van der Waals surface area contributed by atoms with Crippen molar-refractivity contribution in [2.24, 2.45) is 0 Å². The first-order valence-corrected chi connectivity index (χ1v) is 12.7. The van der Waals surface area contributed by atoms with E-state index in [9.17, 15) is 18.8 Å². The zero-order valence-electron chi connectivity index (χ0n) is 21.7. The van der Waals surface area contributed by atoms with Gasteiger partial charge in [0.15, 0.2) is 0 Å². The number of nitrogens with one attached hydrogen (secondary N) is 2. The lowest BCUT2D eigenvalue weighted by Gasteiger charge is -2.24. The Kier molecular flexibility index (Phi) is 8.40. The molecule has 0 aromatic heterocycles. The van der Waals surface area contributed by atoms with Gasteiger partial charge in [0.05, 0.1) is 23.8 Å². The van der Waals surface area contributed by atoms with Crippen LogP contribution in [-0.4, -0.2) is 53.8 Å². The molecule has 2 N–H and O–H groups in total. The van der Waals surface area contributed by atoms with Crippen molar-refractivity contribution >= 4 is 35.4 Å². The number of nitrogens with zero attached hydrogens (tertiary/aromatic N) is 1. The number of halogens is 2. The molecule has 1 aliphatic rings. The predicted molar refractivity (Wildman–Crippen MR) is 146 cm³/mol. The highest BCUT2D eigenvalue weighted by Gasteiger charge is 2.40. The third kappa shape index (κ3) is 7.48. The van der Waals surface area contributed by atoms with Crippen LogP contribution in [0.25, 0.3) is 11.1 Å². The van der Waals surface area contributed by atoms with E-state index in [4.69, 9.17) is 21.1 Å². The number of hydrogen-bond donors (Lipinski definition) is 2. The monoisotopic (exact) mass is 553 g/mol. The summed E-state index contributed by atoms with van der Waals surface area (Å²) in [5.41, 5.74) is 1.22. The maximum Gasteiger partial charge on any atom is 0.410 e. The van der Waals surface area contributed by atoms with Crippen molar-refractivity contribution in [3.05, 3.63) is 89.2 Å². The molecule has 8 nitrogen and oxygen atoms in total. The molecule has 10 heteroatoms. The van der Waals surface area contributed by atoms with Crippen LogP contribution in [0.4, 0.5) is 19.7 Å². The van der Waals surface area contributed by atoms with Gasteiger partial charge in [-0.25, -0.2) is 18.8 Å². The van der Waals surface area contributed by atoms with Crippen molar-refractivity contribution in [3.8, 4) is 11.1 Å². The number of hydrogen-bond acceptors (Lipinski definition) is 5. The van der Waals surface area contributed by atoms with E-state index in [0.717, 1.165) is 11.1 Å². The van der Waals surface area contributed by atoms with Crippen molar-refractivity contribution in [1.29, 1.82) is 0 Å². The average Bonchev–Trinajstić information content (AvgIpc) is 3.27. The van der Waals surface area contributed by atoms with Gasteiger partial charge in [0.2, 0.25) is 0 Å². The van der Waals surface area contributed by atoms with Crippen molar-refractivity contribution < 1.29 is 28.2 Å². The number of anilines is 1. The van der Waals surface area contributed by atoms with Crippen LogP contribution in [-0.2, 0) is 9.47 Å². The van der Waals surface area contributed by atoms with E-state index in [1.165, 1.54) is 23.1 Å². The Balaban J connectivity index is 1.50. The van der Waals surface area contributed by atoms with Gasteiger partial charge in [0, 0.05) is 11.6 Å². The number of benzene rings is 3. The maximum atomic E-state index is 14.0. The Labute approximate surface area is 231 Å². The summed E-state index contributed by atoms with van der Waals surface area (Å²) in [6, 6.07) is 18.4. The van der Waals surface area contributed by atoms with E-state index in [2.05, 4.69) is 10.6 Å². The molecule has 0 bridgehead atoms. The first-order chi connectivity index (χ1) is 18.5. The minimum atomic E-state index is -0.879. The number of rotatable bonds is 5. The van der Waals surface area contributed by atoms with Gasteiger partial charge in [-0.2, -0.15) is 0 Å². The van der Waals surface area contributed by atoms with Crippen LogP contribution in [0.1, 0.15) is 31.1 Å². The molecule has 0 saturated carbocycles. The Bertz CT molecular complexity index is 1360. The second-order valence-corrected chi connectivity index (χ2v) is 10.5. The van der Waals surface area contributed by atoms with Gasteiger partial charge in [-0.15, -0.1) is 0 Å². The maximum absolute atomic E-state index is 14.0. The molecule has 0 aliphatic carbocycles. The van der Waals surface area contributed by atoms with Crippen molar-refractivity contribution in [2.75, 3.05) is 18.4 Å². The zero-order valence-corrected chi connectivity index (χ0v) is 22.5. The number of carbonyl (C=O) groups excluding carboxylic acids is 3. The molecule has 4 rings (SSSR count). The second kappa shape index (κ2) is 11.7. The summed E-state index contributed by atoms with van der Waals surface area (Å²) in [4.78, 5) is 39.9. The first-order valence-electron chi connectivity index (χ1n) is 12.4. The van der Waals surface area contributed by atoms with Crippen molar-refractivity contribution in [3.63, 3.8) is 0 Å². The lowest BCUT2D eigenvalue weighted by Crippen LogP contribution is -2.46. The normalized spacial score (nSPS) is 16.9. The lowest BCUT2D eigenvalue weighted by molar-refractivity contribution is 0.0180. The largest absolute Gasteiger partial charge is 0.455 e. The summed E-state index contributed by atoms with van der Waals surface area (Å²) in [6.45, 7) is 5.25. The Morgan fingerprint density at radius 1 is 0.949 bits per heavy atom. The number of ether oxygens (including phenoxy) is 2. The molecule has 2 atom stereocenters. The summed E-state index contributed by atoms with van der Waals surface area (Å²) < 4.78 is 25.2. The molecule has 0 spiro atoms. The van der Waals surface area contributed by atoms with E-state index in [-0.39, 0.29) is 18.8 Å². The fourth-order valence-electron chi connectivity index (χ4n) is 4.07. The Morgan fingerprint density at radius 3 is 2.36 bits per heavy atom. The second-order valence-electron chi connectivity index (χ2n) is 10.1. The fraction of sp³-hybridized carbons (Fsp3) is 0.276. The van der Waals surface area contributed by atoms with E-state index in [0.29, 0.717) is 10.6 Å². The van der Waals surface area contributed by atoms with Crippen LogP contribution in [0, 0.1) is 5.82 Å². The molecule has 1 fully saturated rings.